The molecule has 1 rings (SSSR count). The molecule has 0 saturated carbocycles. The average molecular weight is 336 g/mol. The summed E-state index contributed by atoms with van der Waals surface area (Å²) in [5.41, 5.74) is 0. The van der Waals surface area contributed by atoms with Crippen LogP contribution < -0.4 is 0 Å². The first-order chi connectivity index (χ1) is 8.55. The Kier molecular flexibility index (Phi) is 6.31. The molecule has 0 aliphatic carbocycles. The van der Waals surface area contributed by atoms with Gasteiger partial charge < -0.3 is 9.47 Å². The molecule has 1 heterocycles. The molecule has 0 fully saturated rings. The number of halogens is 1. The normalized spacial score (nSPS) is 10.4. The zero-order valence-corrected chi connectivity index (χ0v) is 12.5. The predicted octanol–water partition coefficient (Wildman–Crippen LogP) is 1.66. The Balaban J connectivity index is 2.64. The van der Waals surface area contributed by atoms with E-state index >= 15 is 0 Å². The summed E-state index contributed by atoms with van der Waals surface area (Å²) in [5.74, 6) is -0.760. The molecule has 0 aliphatic heterocycles. The molecular formula is C11H14BrNO4S. The lowest BCUT2D eigenvalue weighted by Crippen LogP contribution is -2.34. The highest BCUT2D eigenvalue weighted by Crippen LogP contribution is 2.23. The van der Waals surface area contributed by atoms with Gasteiger partial charge in [0, 0.05) is 11.4 Å². The maximum atomic E-state index is 11.3. The molecule has 0 aliphatic rings. The first-order valence-corrected chi connectivity index (χ1v) is 6.76. The van der Waals surface area contributed by atoms with Gasteiger partial charge in [-0.2, -0.15) is 0 Å². The molecule has 0 N–H and O–H groups in total. The second kappa shape index (κ2) is 7.50. The fraction of sp³-hybridized carbons (Fsp3) is 0.455. The van der Waals surface area contributed by atoms with Gasteiger partial charge in [0.05, 0.1) is 31.1 Å². The first-order valence-electron chi connectivity index (χ1n) is 5.15. The third-order valence-electron chi connectivity index (χ3n) is 2.17. The highest BCUT2D eigenvalue weighted by molar-refractivity contribution is 9.11. The third-order valence-corrected chi connectivity index (χ3v) is 3.78. The lowest BCUT2D eigenvalue weighted by atomic mass is 10.4. The van der Waals surface area contributed by atoms with Crippen LogP contribution in [0.1, 0.15) is 4.88 Å². The van der Waals surface area contributed by atoms with Gasteiger partial charge in [0.15, 0.2) is 0 Å². The van der Waals surface area contributed by atoms with Crippen LogP contribution in [-0.2, 0) is 25.6 Å². The molecular weight excluding hydrogens is 322 g/mol. The van der Waals surface area contributed by atoms with Crippen LogP contribution in [-0.4, -0.2) is 44.1 Å². The van der Waals surface area contributed by atoms with Crippen LogP contribution in [0.4, 0.5) is 0 Å². The number of methoxy groups -OCH3 is 2. The molecule has 1 aromatic rings. The zero-order valence-electron chi connectivity index (χ0n) is 10.1. The summed E-state index contributed by atoms with van der Waals surface area (Å²) in [7, 11) is 2.64. The number of carbonyl (C=O) groups is 2. The second-order valence-electron chi connectivity index (χ2n) is 3.50. The van der Waals surface area contributed by atoms with Crippen LogP contribution in [0.15, 0.2) is 15.9 Å². The average Bonchev–Trinajstić information content (AvgIpc) is 2.74. The SMILES string of the molecule is COC(=O)CN(CC(=O)OC)Cc1ccc(Br)s1. The number of ether oxygens (including phenoxy) is 2. The first kappa shape index (κ1) is 15.1. The summed E-state index contributed by atoms with van der Waals surface area (Å²) in [6.07, 6.45) is 0. The van der Waals surface area contributed by atoms with Crippen molar-refractivity contribution in [1.29, 1.82) is 0 Å². The Hall–Kier alpha value is -0.920. The van der Waals surface area contributed by atoms with Crippen LogP contribution in [0.25, 0.3) is 0 Å². The van der Waals surface area contributed by atoms with Gasteiger partial charge in [-0.3, -0.25) is 14.5 Å². The van der Waals surface area contributed by atoms with E-state index in [0.717, 1.165) is 8.66 Å². The van der Waals surface area contributed by atoms with Crippen LogP contribution >= 0.6 is 27.3 Å². The molecule has 7 heteroatoms. The van der Waals surface area contributed by atoms with Crippen molar-refractivity contribution < 1.29 is 19.1 Å². The summed E-state index contributed by atoms with van der Waals surface area (Å²) in [6, 6.07) is 3.87. The number of carbonyl (C=O) groups excluding carboxylic acids is 2. The van der Waals surface area contributed by atoms with Gasteiger partial charge in [-0.1, -0.05) is 0 Å². The van der Waals surface area contributed by atoms with E-state index in [0.29, 0.717) is 6.54 Å². The minimum absolute atomic E-state index is 0.0567. The molecule has 0 aromatic carbocycles. The molecule has 100 valence electrons. The van der Waals surface area contributed by atoms with E-state index in [1.54, 1.807) is 16.2 Å². The van der Waals surface area contributed by atoms with Crippen molar-refractivity contribution >= 4 is 39.2 Å². The number of nitrogens with zero attached hydrogens (tertiary/aromatic N) is 1. The van der Waals surface area contributed by atoms with Gasteiger partial charge in [0.25, 0.3) is 0 Å². The quantitative estimate of drug-likeness (QED) is 0.740. The van der Waals surface area contributed by atoms with Gasteiger partial charge in [-0.05, 0) is 28.1 Å². The molecule has 0 spiro atoms. The van der Waals surface area contributed by atoms with Gasteiger partial charge in [-0.25, -0.2) is 0 Å². The molecule has 0 bridgehead atoms. The van der Waals surface area contributed by atoms with E-state index in [1.165, 1.54) is 14.2 Å². The van der Waals surface area contributed by atoms with Crippen molar-refractivity contribution in [2.45, 2.75) is 6.54 Å². The smallest absolute Gasteiger partial charge is 0.319 e. The van der Waals surface area contributed by atoms with Crippen molar-refractivity contribution in [3.8, 4) is 0 Å². The minimum Gasteiger partial charge on any atom is -0.468 e. The number of rotatable bonds is 6. The monoisotopic (exact) mass is 335 g/mol. The summed E-state index contributed by atoms with van der Waals surface area (Å²) in [6.45, 7) is 0.614. The maximum absolute atomic E-state index is 11.3. The van der Waals surface area contributed by atoms with Crippen molar-refractivity contribution in [1.82, 2.24) is 4.90 Å². The summed E-state index contributed by atoms with van der Waals surface area (Å²) < 4.78 is 10.2. The minimum atomic E-state index is -0.380. The Labute approximate surface area is 118 Å². The second-order valence-corrected chi connectivity index (χ2v) is 6.05. The predicted molar refractivity (Wildman–Crippen MR) is 71.3 cm³/mol. The van der Waals surface area contributed by atoms with Gasteiger partial charge in [0.1, 0.15) is 0 Å². The fourth-order valence-corrected chi connectivity index (χ4v) is 2.84. The standard InChI is InChI=1S/C11H14BrNO4S/c1-16-10(14)6-13(7-11(15)17-2)5-8-3-4-9(12)18-8/h3-4H,5-7H2,1-2H3. The van der Waals surface area contributed by atoms with Gasteiger partial charge >= 0.3 is 11.9 Å². The molecule has 0 unspecified atom stereocenters. The maximum Gasteiger partial charge on any atom is 0.319 e. The lowest BCUT2D eigenvalue weighted by Gasteiger charge is -2.18. The van der Waals surface area contributed by atoms with E-state index < -0.39 is 0 Å². The van der Waals surface area contributed by atoms with Gasteiger partial charge in [0.2, 0.25) is 0 Å². The third kappa shape index (κ3) is 5.16. The Morgan fingerprint density at radius 3 is 2.17 bits per heavy atom. The number of esters is 2. The fourth-order valence-electron chi connectivity index (χ4n) is 1.32. The topological polar surface area (TPSA) is 55.8 Å². The van der Waals surface area contributed by atoms with E-state index in [4.69, 9.17) is 0 Å². The van der Waals surface area contributed by atoms with E-state index in [-0.39, 0.29) is 25.0 Å². The molecule has 0 radical (unpaired) electrons. The molecule has 18 heavy (non-hydrogen) atoms. The van der Waals surface area contributed by atoms with Crippen molar-refractivity contribution in [2.24, 2.45) is 0 Å². The molecule has 1 aromatic heterocycles. The lowest BCUT2D eigenvalue weighted by molar-refractivity contribution is -0.145. The molecule has 0 saturated heterocycles. The van der Waals surface area contributed by atoms with Crippen molar-refractivity contribution in [3.63, 3.8) is 0 Å². The van der Waals surface area contributed by atoms with Crippen LogP contribution in [0, 0.1) is 0 Å². The Morgan fingerprint density at radius 1 is 1.22 bits per heavy atom. The summed E-state index contributed by atoms with van der Waals surface area (Å²) in [5, 5.41) is 0. The van der Waals surface area contributed by atoms with E-state index in [2.05, 4.69) is 25.4 Å². The highest BCUT2D eigenvalue weighted by Gasteiger charge is 2.16. The highest BCUT2D eigenvalue weighted by atomic mass is 79.9. The zero-order chi connectivity index (χ0) is 13.5. The van der Waals surface area contributed by atoms with Crippen molar-refractivity contribution in [2.75, 3.05) is 27.3 Å². The van der Waals surface area contributed by atoms with Crippen LogP contribution in [0.5, 0.6) is 0 Å². The van der Waals surface area contributed by atoms with E-state index in [9.17, 15) is 9.59 Å². The summed E-state index contributed by atoms with van der Waals surface area (Å²) in [4.78, 5) is 25.3. The largest absolute Gasteiger partial charge is 0.468 e. The Bertz CT molecular complexity index is 403. The summed E-state index contributed by atoms with van der Waals surface area (Å²) >= 11 is 4.92. The number of hydrogen-bond donors (Lipinski definition) is 0. The molecule has 5 nitrogen and oxygen atoms in total. The number of hydrogen-bond acceptors (Lipinski definition) is 6. The number of thiophene rings is 1. The molecule has 0 atom stereocenters. The van der Waals surface area contributed by atoms with Crippen molar-refractivity contribution in [3.05, 3.63) is 20.8 Å². The van der Waals surface area contributed by atoms with Crippen LogP contribution in [0.2, 0.25) is 0 Å². The van der Waals surface area contributed by atoms with Crippen LogP contribution in [0.3, 0.4) is 0 Å². The van der Waals surface area contributed by atoms with E-state index in [1.807, 2.05) is 12.1 Å². The molecule has 0 amide bonds. The Morgan fingerprint density at radius 2 is 1.78 bits per heavy atom. The van der Waals surface area contributed by atoms with Gasteiger partial charge in [-0.15, -0.1) is 11.3 Å².